The summed E-state index contributed by atoms with van der Waals surface area (Å²) in [7, 11) is -3.05. The molecule has 16 heavy (non-hydrogen) atoms. The second kappa shape index (κ2) is 4.18. The quantitative estimate of drug-likeness (QED) is 0.856. The third-order valence-electron chi connectivity index (χ3n) is 3.00. The Labute approximate surface area is 96.8 Å². The minimum Gasteiger partial charge on any atom is -0.310 e. The highest BCUT2D eigenvalue weighted by Gasteiger charge is 2.29. The van der Waals surface area contributed by atoms with E-state index in [-0.39, 0.29) is 11.8 Å². The first-order valence-corrected chi connectivity index (χ1v) is 7.26. The van der Waals surface area contributed by atoms with Crippen LogP contribution in [0.15, 0.2) is 23.1 Å². The molecule has 1 aliphatic rings. The van der Waals surface area contributed by atoms with Crippen molar-refractivity contribution >= 4 is 9.84 Å². The highest BCUT2D eigenvalue weighted by Crippen LogP contribution is 2.32. The Balaban J connectivity index is 2.54. The fraction of sp³-hybridized carbons (Fsp3) is 0.500. The van der Waals surface area contributed by atoms with Crippen molar-refractivity contribution in [2.24, 2.45) is 0 Å². The molecule has 1 heterocycles. The molecule has 1 aliphatic heterocycles. The van der Waals surface area contributed by atoms with Gasteiger partial charge in [0.1, 0.15) is 0 Å². The number of aryl methyl sites for hydroxylation is 1. The first-order chi connectivity index (χ1) is 7.54. The summed E-state index contributed by atoms with van der Waals surface area (Å²) < 4.78 is 23.8. The fourth-order valence-electron chi connectivity index (χ4n) is 2.22. The van der Waals surface area contributed by atoms with Gasteiger partial charge in [-0.25, -0.2) is 8.42 Å². The normalized spacial score (nSPS) is 22.8. The van der Waals surface area contributed by atoms with Crippen molar-refractivity contribution in [2.75, 3.05) is 12.3 Å². The Morgan fingerprint density at radius 2 is 2.19 bits per heavy atom. The standard InChI is InChI=1S/C12H17NO2S/c1-3-13-11-6-7-16(14,15)12-5-4-9(2)8-10(11)12/h4-5,8,11,13H,3,6-7H2,1-2H3. The molecule has 0 aliphatic carbocycles. The summed E-state index contributed by atoms with van der Waals surface area (Å²) in [4.78, 5) is 0.510. The predicted octanol–water partition coefficient (Wildman–Crippen LogP) is 1.82. The topological polar surface area (TPSA) is 46.2 Å². The van der Waals surface area contributed by atoms with Crippen molar-refractivity contribution in [3.63, 3.8) is 0 Å². The van der Waals surface area contributed by atoms with Crippen molar-refractivity contribution < 1.29 is 8.42 Å². The van der Waals surface area contributed by atoms with Gasteiger partial charge in [0, 0.05) is 6.04 Å². The lowest BCUT2D eigenvalue weighted by atomic mass is 10.0. The van der Waals surface area contributed by atoms with E-state index in [4.69, 9.17) is 0 Å². The number of rotatable bonds is 2. The molecule has 0 spiro atoms. The maximum atomic E-state index is 11.9. The molecule has 1 atom stereocenters. The Kier molecular flexibility index (Phi) is 3.04. The molecule has 1 aromatic rings. The van der Waals surface area contributed by atoms with Gasteiger partial charge in [0.05, 0.1) is 10.6 Å². The molecule has 1 aromatic carbocycles. The zero-order valence-corrected chi connectivity index (χ0v) is 10.5. The lowest BCUT2D eigenvalue weighted by Crippen LogP contribution is -2.29. The maximum absolute atomic E-state index is 11.9. The van der Waals surface area contributed by atoms with Gasteiger partial charge in [-0.1, -0.05) is 24.6 Å². The average molecular weight is 239 g/mol. The van der Waals surface area contributed by atoms with E-state index in [0.29, 0.717) is 11.3 Å². The Hall–Kier alpha value is -0.870. The molecule has 4 heteroatoms. The van der Waals surface area contributed by atoms with Gasteiger partial charge in [-0.2, -0.15) is 0 Å². The number of hydrogen-bond acceptors (Lipinski definition) is 3. The molecule has 1 N–H and O–H groups in total. The van der Waals surface area contributed by atoms with Crippen LogP contribution in [-0.4, -0.2) is 20.7 Å². The van der Waals surface area contributed by atoms with Crippen LogP contribution in [-0.2, 0) is 9.84 Å². The van der Waals surface area contributed by atoms with Gasteiger partial charge in [-0.15, -0.1) is 0 Å². The smallest absolute Gasteiger partial charge is 0.178 e. The molecule has 0 saturated carbocycles. The number of hydrogen-bond donors (Lipinski definition) is 1. The molecule has 0 amide bonds. The molecule has 0 radical (unpaired) electrons. The van der Waals surface area contributed by atoms with E-state index in [0.717, 1.165) is 17.7 Å². The van der Waals surface area contributed by atoms with Crippen molar-refractivity contribution in [1.29, 1.82) is 0 Å². The summed E-state index contributed by atoms with van der Waals surface area (Å²) in [6.45, 7) is 4.89. The van der Waals surface area contributed by atoms with E-state index in [2.05, 4.69) is 5.32 Å². The van der Waals surface area contributed by atoms with Gasteiger partial charge in [-0.05, 0) is 31.5 Å². The molecule has 0 saturated heterocycles. The monoisotopic (exact) mass is 239 g/mol. The minimum atomic E-state index is -3.05. The van der Waals surface area contributed by atoms with Gasteiger partial charge >= 0.3 is 0 Å². The van der Waals surface area contributed by atoms with Crippen LogP contribution < -0.4 is 5.32 Å². The van der Waals surface area contributed by atoms with Gasteiger partial charge < -0.3 is 5.32 Å². The highest BCUT2D eigenvalue weighted by atomic mass is 32.2. The summed E-state index contributed by atoms with van der Waals surface area (Å²) in [6, 6.07) is 5.77. The minimum absolute atomic E-state index is 0.184. The van der Waals surface area contributed by atoms with E-state index < -0.39 is 9.84 Å². The molecular weight excluding hydrogens is 222 g/mol. The van der Waals surface area contributed by atoms with Crippen LogP contribution in [0.4, 0.5) is 0 Å². The Morgan fingerprint density at radius 1 is 1.44 bits per heavy atom. The third-order valence-corrected chi connectivity index (χ3v) is 4.82. The zero-order chi connectivity index (χ0) is 11.8. The lowest BCUT2D eigenvalue weighted by Gasteiger charge is -2.26. The first kappa shape index (κ1) is 11.6. The van der Waals surface area contributed by atoms with Crippen LogP contribution in [0.3, 0.4) is 0 Å². The molecule has 2 rings (SSSR count). The summed E-state index contributed by atoms with van der Waals surface area (Å²) >= 11 is 0. The Bertz CT molecular complexity index is 494. The largest absolute Gasteiger partial charge is 0.310 e. The van der Waals surface area contributed by atoms with Crippen molar-refractivity contribution in [3.8, 4) is 0 Å². The number of sulfone groups is 1. The number of nitrogens with one attached hydrogen (secondary N) is 1. The van der Waals surface area contributed by atoms with Gasteiger partial charge in [0.25, 0.3) is 0 Å². The van der Waals surface area contributed by atoms with Crippen molar-refractivity contribution in [1.82, 2.24) is 5.32 Å². The number of benzene rings is 1. The predicted molar refractivity (Wildman–Crippen MR) is 64.3 cm³/mol. The van der Waals surface area contributed by atoms with Crippen molar-refractivity contribution in [3.05, 3.63) is 29.3 Å². The second-order valence-corrected chi connectivity index (χ2v) is 6.34. The molecular formula is C12H17NO2S. The fourth-order valence-corrected chi connectivity index (χ4v) is 3.82. The molecule has 0 fully saturated rings. The van der Waals surface area contributed by atoms with E-state index >= 15 is 0 Å². The average Bonchev–Trinajstić information content (AvgIpc) is 2.22. The molecule has 1 unspecified atom stereocenters. The SMILES string of the molecule is CCNC1CCS(=O)(=O)c2ccc(C)cc21. The first-order valence-electron chi connectivity index (χ1n) is 5.61. The summed E-state index contributed by atoms with van der Waals surface area (Å²) in [5.74, 6) is 0.251. The second-order valence-electron chi connectivity index (χ2n) is 4.26. The summed E-state index contributed by atoms with van der Waals surface area (Å²) in [6.07, 6.45) is 0.673. The zero-order valence-electron chi connectivity index (χ0n) is 9.66. The third kappa shape index (κ3) is 1.99. The van der Waals surface area contributed by atoms with E-state index in [1.54, 1.807) is 6.07 Å². The van der Waals surface area contributed by atoms with Gasteiger partial charge in [0.2, 0.25) is 0 Å². The van der Waals surface area contributed by atoms with Gasteiger partial charge in [0.15, 0.2) is 9.84 Å². The van der Waals surface area contributed by atoms with Crippen LogP contribution in [0, 0.1) is 6.92 Å². The molecule has 0 aromatic heterocycles. The van der Waals surface area contributed by atoms with Crippen LogP contribution in [0.5, 0.6) is 0 Å². The van der Waals surface area contributed by atoms with Crippen LogP contribution in [0.2, 0.25) is 0 Å². The maximum Gasteiger partial charge on any atom is 0.178 e. The van der Waals surface area contributed by atoms with Crippen molar-refractivity contribution in [2.45, 2.75) is 31.2 Å². The lowest BCUT2D eigenvalue weighted by molar-refractivity contribution is 0.504. The van der Waals surface area contributed by atoms with E-state index in [1.807, 2.05) is 26.0 Å². The molecule has 3 nitrogen and oxygen atoms in total. The number of fused-ring (bicyclic) bond motifs is 1. The molecule has 0 bridgehead atoms. The van der Waals surface area contributed by atoms with Gasteiger partial charge in [-0.3, -0.25) is 0 Å². The Morgan fingerprint density at radius 3 is 2.88 bits per heavy atom. The van der Waals surface area contributed by atoms with E-state index in [9.17, 15) is 8.42 Å². The van der Waals surface area contributed by atoms with Crippen LogP contribution in [0.1, 0.15) is 30.5 Å². The highest BCUT2D eigenvalue weighted by molar-refractivity contribution is 7.91. The summed E-state index contributed by atoms with van der Waals surface area (Å²) in [5, 5.41) is 3.34. The van der Waals surface area contributed by atoms with E-state index in [1.165, 1.54) is 0 Å². The molecule has 88 valence electrons. The van der Waals surface area contributed by atoms with Crippen LogP contribution >= 0.6 is 0 Å². The summed E-state index contributed by atoms with van der Waals surface area (Å²) in [5.41, 5.74) is 2.05. The van der Waals surface area contributed by atoms with Crippen LogP contribution in [0.25, 0.3) is 0 Å².